The Morgan fingerprint density at radius 1 is 0.507 bits per heavy atom. The number of nitrogens with zero attached hydrogens (tertiary/aromatic N) is 4. The van der Waals surface area contributed by atoms with Gasteiger partial charge in [-0.25, -0.2) is 0 Å². The third kappa shape index (κ3) is 11.3. The van der Waals surface area contributed by atoms with Gasteiger partial charge in [-0.05, 0) is 161 Å². The molecule has 0 saturated carbocycles. The zero-order chi connectivity index (χ0) is 50.3. The van der Waals surface area contributed by atoms with Crippen LogP contribution in [0.5, 0.6) is 0 Å². The quantitative estimate of drug-likeness (QED) is 0.0897. The number of carbonyl (C=O) groups excluding carboxylic acids is 2. The average Bonchev–Trinajstić information content (AvgIpc) is 4.01. The minimum atomic E-state index is -0.0558. The average molecular weight is 943 g/mol. The van der Waals surface area contributed by atoms with Crippen LogP contribution >= 0.6 is 0 Å². The summed E-state index contributed by atoms with van der Waals surface area (Å²) in [5, 5.41) is 0. The van der Waals surface area contributed by atoms with Crippen LogP contribution in [-0.4, -0.2) is 43.0 Å². The Balaban J connectivity index is 0.951. The minimum Gasteiger partial charge on any atom is -0.359 e. The molecule has 8 heteroatoms. The van der Waals surface area contributed by atoms with E-state index < -0.39 is 0 Å². The number of benzene rings is 4. The molecular formula is C63H70N6O2. The van der Waals surface area contributed by atoms with Crippen LogP contribution in [0.4, 0.5) is 0 Å². The van der Waals surface area contributed by atoms with Gasteiger partial charge >= 0.3 is 0 Å². The second kappa shape index (κ2) is 22.2. The van der Waals surface area contributed by atoms with Crippen molar-refractivity contribution >= 4 is 35.4 Å². The maximum atomic E-state index is 14.1. The van der Waals surface area contributed by atoms with Gasteiger partial charge in [-0.1, -0.05) is 121 Å². The molecule has 2 aromatic heterocycles. The Kier molecular flexibility index (Phi) is 15.6. The van der Waals surface area contributed by atoms with Crippen molar-refractivity contribution in [3.05, 3.63) is 222 Å². The monoisotopic (exact) mass is 943 g/mol. The molecule has 0 unspecified atom stereocenters. The van der Waals surface area contributed by atoms with Gasteiger partial charge in [0.2, 0.25) is 11.8 Å². The molecule has 0 aliphatic carbocycles. The molecule has 2 aliphatic heterocycles. The molecule has 0 fully saturated rings. The molecule has 4 aromatic carbocycles. The highest BCUT2D eigenvalue weighted by Crippen LogP contribution is 2.37. The van der Waals surface area contributed by atoms with Crippen LogP contribution in [0, 0.1) is 27.7 Å². The number of rotatable bonds is 18. The molecule has 8 nitrogen and oxygen atoms in total. The lowest BCUT2D eigenvalue weighted by Gasteiger charge is -2.30. The number of hydrogen-bond donors (Lipinski definition) is 2. The Bertz CT molecular complexity index is 2880. The molecule has 0 bridgehead atoms. The number of nitrogens with one attached hydrogen (secondary N) is 2. The Morgan fingerprint density at radius 3 is 1.20 bits per heavy atom. The molecule has 2 atom stereocenters. The van der Waals surface area contributed by atoms with Crippen molar-refractivity contribution in [3.63, 3.8) is 0 Å². The van der Waals surface area contributed by atoms with Gasteiger partial charge in [0.25, 0.3) is 0 Å². The number of aliphatic imine (C=N–C) groups is 2. The zero-order valence-corrected chi connectivity index (χ0v) is 43.4. The van der Waals surface area contributed by atoms with E-state index >= 15 is 0 Å². The third-order valence-corrected chi connectivity index (χ3v) is 15.0. The van der Waals surface area contributed by atoms with Gasteiger partial charge in [0.1, 0.15) is 0 Å². The fourth-order valence-electron chi connectivity index (χ4n) is 10.5. The smallest absolute Gasteiger partial charge is 0.223 e. The lowest BCUT2D eigenvalue weighted by molar-refractivity contribution is -0.134. The number of aromatic nitrogens is 2. The van der Waals surface area contributed by atoms with Crippen LogP contribution in [0.1, 0.15) is 140 Å². The highest BCUT2D eigenvalue weighted by atomic mass is 16.2. The first kappa shape index (κ1) is 50.1. The molecule has 2 N–H and O–H groups in total. The molecule has 0 radical (unpaired) electrons. The van der Waals surface area contributed by atoms with Crippen LogP contribution in [0.3, 0.4) is 0 Å². The molecule has 2 amide bonds. The summed E-state index contributed by atoms with van der Waals surface area (Å²) in [6.45, 7) is 22.5. The summed E-state index contributed by atoms with van der Waals surface area (Å²) in [5.41, 5.74) is 22.1. The van der Waals surface area contributed by atoms with E-state index in [4.69, 9.17) is 9.98 Å². The second-order valence-corrected chi connectivity index (χ2v) is 19.6. The molecule has 71 heavy (non-hydrogen) atoms. The van der Waals surface area contributed by atoms with Crippen molar-refractivity contribution in [1.82, 2.24) is 19.8 Å². The summed E-state index contributed by atoms with van der Waals surface area (Å²) >= 11 is 0. The molecule has 2 aliphatic rings. The largest absolute Gasteiger partial charge is 0.359 e. The zero-order valence-electron chi connectivity index (χ0n) is 43.4. The van der Waals surface area contributed by atoms with Gasteiger partial charge in [-0.2, -0.15) is 0 Å². The summed E-state index contributed by atoms with van der Waals surface area (Å²) in [4.78, 5) is 49.8. The summed E-state index contributed by atoms with van der Waals surface area (Å²) in [7, 11) is 0. The number of hydrogen-bond acceptors (Lipinski definition) is 4. The van der Waals surface area contributed by atoms with Crippen molar-refractivity contribution in [2.45, 2.75) is 127 Å². The SMILES string of the molecule is CC1=N/C(=C\c2[nH]c(C)c(CCC(=O)N(Cc3ccccc3)[C@@H](C)c3ccccc3)c2C)C(C)=C1CC1=C(C)/C(=C\c2[nH]c(C)c(CCC(=O)N(Cc3ccccc3)[C@@H](C)c3ccccc3)c2C)N=C1C. The van der Waals surface area contributed by atoms with E-state index in [2.05, 4.69) is 140 Å². The van der Waals surface area contributed by atoms with E-state index in [0.717, 1.165) is 85.4 Å². The normalized spacial score (nSPS) is 15.7. The van der Waals surface area contributed by atoms with Crippen molar-refractivity contribution < 1.29 is 9.59 Å². The first-order chi connectivity index (χ1) is 34.2. The van der Waals surface area contributed by atoms with Gasteiger partial charge in [0, 0.05) is 66.6 Å². The second-order valence-electron chi connectivity index (χ2n) is 19.6. The first-order valence-corrected chi connectivity index (χ1v) is 25.3. The Hall–Kier alpha value is -7.32. The molecule has 364 valence electrons. The predicted molar refractivity (Wildman–Crippen MR) is 293 cm³/mol. The molecule has 0 saturated heterocycles. The predicted octanol–water partition coefficient (Wildman–Crippen LogP) is 14.4. The van der Waals surface area contributed by atoms with Crippen LogP contribution in [0.25, 0.3) is 12.2 Å². The topological polar surface area (TPSA) is 96.9 Å². The highest BCUT2D eigenvalue weighted by Gasteiger charge is 2.27. The number of aryl methyl sites for hydroxylation is 2. The number of allylic oxidation sites excluding steroid dienone is 4. The van der Waals surface area contributed by atoms with Crippen molar-refractivity contribution in [2.75, 3.05) is 0 Å². The van der Waals surface area contributed by atoms with E-state index in [9.17, 15) is 9.59 Å². The lowest BCUT2D eigenvalue weighted by atomic mass is 9.93. The molecule has 4 heterocycles. The van der Waals surface area contributed by atoms with E-state index in [0.29, 0.717) is 38.8 Å². The van der Waals surface area contributed by atoms with Gasteiger partial charge in [0.05, 0.1) is 23.5 Å². The van der Waals surface area contributed by atoms with Crippen molar-refractivity contribution in [2.24, 2.45) is 9.98 Å². The lowest BCUT2D eigenvalue weighted by Crippen LogP contribution is -2.33. The van der Waals surface area contributed by atoms with Gasteiger partial charge in [-0.3, -0.25) is 19.6 Å². The van der Waals surface area contributed by atoms with Gasteiger partial charge in [0.15, 0.2) is 0 Å². The first-order valence-electron chi connectivity index (χ1n) is 25.3. The summed E-state index contributed by atoms with van der Waals surface area (Å²) in [5.74, 6) is 0.279. The Morgan fingerprint density at radius 2 is 0.845 bits per heavy atom. The van der Waals surface area contributed by atoms with Crippen LogP contribution < -0.4 is 0 Å². The fraction of sp³-hybridized carbons (Fsp3) is 0.302. The summed E-state index contributed by atoms with van der Waals surface area (Å²) in [6.07, 6.45) is 7.22. The van der Waals surface area contributed by atoms with E-state index in [-0.39, 0.29) is 23.9 Å². The van der Waals surface area contributed by atoms with Crippen molar-refractivity contribution in [3.8, 4) is 0 Å². The van der Waals surface area contributed by atoms with Gasteiger partial charge < -0.3 is 19.8 Å². The Labute approximate surface area is 421 Å². The number of aromatic amines is 2. The molecule has 0 spiro atoms. The van der Waals surface area contributed by atoms with E-state index in [1.807, 2.05) is 82.6 Å². The fourth-order valence-corrected chi connectivity index (χ4v) is 10.5. The maximum absolute atomic E-state index is 14.1. The highest BCUT2D eigenvalue weighted by molar-refractivity contribution is 6.09. The number of carbonyl (C=O) groups is 2. The summed E-state index contributed by atoms with van der Waals surface area (Å²) < 4.78 is 0. The molecular weight excluding hydrogens is 873 g/mol. The van der Waals surface area contributed by atoms with Gasteiger partial charge in [-0.15, -0.1) is 0 Å². The number of H-pyrrole nitrogens is 2. The third-order valence-electron chi connectivity index (χ3n) is 15.0. The minimum absolute atomic E-state index is 0.0558. The van der Waals surface area contributed by atoms with E-state index in [1.165, 1.54) is 33.4 Å². The molecule has 6 aromatic rings. The van der Waals surface area contributed by atoms with Crippen LogP contribution in [0.2, 0.25) is 0 Å². The van der Waals surface area contributed by atoms with Crippen LogP contribution in [0.15, 0.2) is 165 Å². The van der Waals surface area contributed by atoms with E-state index in [1.54, 1.807) is 0 Å². The maximum Gasteiger partial charge on any atom is 0.223 e. The standard InChI is InChI=1S/C63H70N6O2/c1-40-54(31-33-62(70)68(38-50-23-15-11-16-24-50)48(9)52-27-19-13-20-28-52)44(5)64-58(40)36-60-42(3)56(46(7)66-60)35-57-43(4)61(67-47(57)8)37-59-41(2)55(45(6)65-59)32-34-63(71)69(39-51-25-17-12-18-26-51)49(10)53-29-21-14-22-30-53/h11-30,36-37,48-49,64-65H,31-35,38-39H2,1-10H3/b60-36-,61-37+/t48-,49-/m0/s1. The van der Waals surface area contributed by atoms with Crippen molar-refractivity contribution in [1.29, 1.82) is 0 Å². The summed E-state index contributed by atoms with van der Waals surface area (Å²) in [6, 6.07) is 41.0. The number of amides is 2. The molecule has 8 rings (SSSR count). The van der Waals surface area contributed by atoms with Crippen LogP contribution in [-0.2, 0) is 35.5 Å².